The van der Waals surface area contributed by atoms with Crippen molar-refractivity contribution in [3.05, 3.63) is 22.6 Å². The summed E-state index contributed by atoms with van der Waals surface area (Å²) in [4.78, 5) is 10.8. The molecule has 2 aromatic rings. The van der Waals surface area contributed by atoms with Crippen molar-refractivity contribution in [3.8, 4) is 0 Å². The van der Waals surface area contributed by atoms with Gasteiger partial charge in [0.05, 0.1) is 5.52 Å². The third-order valence-electron chi connectivity index (χ3n) is 1.86. The van der Waals surface area contributed by atoms with Gasteiger partial charge in [0.1, 0.15) is 19.0 Å². The van der Waals surface area contributed by atoms with E-state index in [9.17, 15) is 13.2 Å². The zero-order valence-corrected chi connectivity index (χ0v) is 9.97. The fourth-order valence-corrected chi connectivity index (χ4v) is 1.59. The third kappa shape index (κ3) is 3.40. The predicted molar refractivity (Wildman–Crippen MR) is 57.3 cm³/mol. The number of halogens is 4. The van der Waals surface area contributed by atoms with E-state index in [1.165, 1.54) is 0 Å². The van der Waals surface area contributed by atoms with Crippen LogP contribution >= 0.6 is 15.9 Å². The number of H-pyrrole nitrogens is 1. The third-order valence-corrected chi connectivity index (χ3v) is 2.29. The normalized spacial score (nSPS) is 12.2. The number of nitrogens with zero attached hydrogens (tertiary/aromatic N) is 2. The first-order chi connectivity index (χ1) is 7.94. The van der Waals surface area contributed by atoms with E-state index in [0.717, 1.165) is 4.47 Å². The molecule has 0 radical (unpaired) electrons. The van der Waals surface area contributed by atoms with Crippen molar-refractivity contribution in [3.63, 3.8) is 0 Å². The minimum absolute atomic E-state index is 0.229. The predicted octanol–water partition coefficient (Wildman–Crippen LogP) is 2.80. The number of aromatic nitrogens is 3. The number of nitrogens with one attached hydrogen (secondary N) is 1. The first-order valence-electron chi connectivity index (χ1n) is 4.59. The summed E-state index contributed by atoms with van der Waals surface area (Å²) in [7, 11) is 0. The number of rotatable bonds is 3. The second-order valence-corrected chi connectivity index (χ2v) is 4.23. The van der Waals surface area contributed by atoms with Gasteiger partial charge in [-0.1, -0.05) is 0 Å². The summed E-state index contributed by atoms with van der Waals surface area (Å²) < 4.78 is 40.8. The van der Waals surface area contributed by atoms with Gasteiger partial charge >= 0.3 is 6.18 Å². The SMILES string of the molecule is FC(F)(F)COCc1nc2ncc(Br)cc2[nH]1. The number of imidazole rings is 1. The van der Waals surface area contributed by atoms with Crippen LogP contribution in [-0.4, -0.2) is 27.7 Å². The summed E-state index contributed by atoms with van der Waals surface area (Å²) in [5.74, 6) is 0.315. The van der Waals surface area contributed by atoms with Crippen molar-refractivity contribution in [2.75, 3.05) is 6.61 Å². The van der Waals surface area contributed by atoms with E-state index >= 15 is 0 Å². The molecular formula is C9H7BrF3N3O. The van der Waals surface area contributed by atoms with E-state index in [-0.39, 0.29) is 6.61 Å². The van der Waals surface area contributed by atoms with Crippen LogP contribution in [0.3, 0.4) is 0 Å². The highest BCUT2D eigenvalue weighted by atomic mass is 79.9. The summed E-state index contributed by atoms with van der Waals surface area (Å²) in [6, 6.07) is 1.74. The first kappa shape index (κ1) is 12.3. The number of hydrogen-bond donors (Lipinski definition) is 1. The summed E-state index contributed by atoms with van der Waals surface area (Å²) in [6.07, 6.45) is -2.77. The second-order valence-electron chi connectivity index (χ2n) is 3.32. The van der Waals surface area contributed by atoms with Gasteiger partial charge in [0.15, 0.2) is 5.65 Å². The van der Waals surface area contributed by atoms with Crippen LogP contribution in [0.15, 0.2) is 16.7 Å². The Bertz CT molecular complexity index is 526. The zero-order chi connectivity index (χ0) is 12.5. The molecule has 2 heterocycles. The molecule has 8 heteroatoms. The maximum absolute atomic E-state index is 11.8. The van der Waals surface area contributed by atoms with Crippen LogP contribution in [0.25, 0.3) is 11.2 Å². The van der Waals surface area contributed by atoms with Crippen LogP contribution in [0.5, 0.6) is 0 Å². The molecule has 0 spiro atoms. The van der Waals surface area contributed by atoms with Crippen LogP contribution < -0.4 is 0 Å². The van der Waals surface area contributed by atoms with Crippen molar-refractivity contribution in [1.82, 2.24) is 15.0 Å². The minimum atomic E-state index is -4.33. The molecule has 0 aliphatic rings. The lowest BCUT2D eigenvalue weighted by molar-refractivity contribution is -0.177. The van der Waals surface area contributed by atoms with Gasteiger partial charge in [-0.05, 0) is 22.0 Å². The molecule has 0 atom stereocenters. The fourth-order valence-electron chi connectivity index (χ4n) is 1.26. The van der Waals surface area contributed by atoms with E-state index in [1.807, 2.05) is 0 Å². The molecule has 0 aromatic carbocycles. The molecule has 0 saturated heterocycles. The Kier molecular flexibility index (Phi) is 3.34. The molecule has 0 aliphatic heterocycles. The Hall–Kier alpha value is -1.15. The summed E-state index contributed by atoms with van der Waals surface area (Å²) >= 11 is 3.23. The van der Waals surface area contributed by atoms with Gasteiger partial charge in [-0.2, -0.15) is 13.2 Å². The number of ether oxygens (including phenoxy) is 1. The molecule has 17 heavy (non-hydrogen) atoms. The number of alkyl halides is 3. The molecular weight excluding hydrogens is 303 g/mol. The van der Waals surface area contributed by atoms with Crippen LogP contribution in [0, 0.1) is 0 Å². The highest BCUT2D eigenvalue weighted by Crippen LogP contribution is 2.17. The first-order valence-corrected chi connectivity index (χ1v) is 5.38. The monoisotopic (exact) mass is 309 g/mol. The molecule has 0 amide bonds. The van der Waals surface area contributed by atoms with Gasteiger partial charge in [0, 0.05) is 10.7 Å². The van der Waals surface area contributed by atoms with Gasteiger partial charge in [-0.25, -0.2) is 9.97 Å². The molecule has 0 saturated carbocycles. The van der Waals surface area contributed by atoms with E-state index in [0.29, 0.717) is 17.0 Å². The lowest BCUT2D eigenvalue weighted by Gasteiger charge is -2.05. The Morgan fingerprint density at radius 2 is 2.18 bits per heavy atom. The van der Waals surface area contributed by atoms with E-state index in [4.69, 9.17) is 0 Å². The lowest BCUT2D eigenvalue weighted by atomic mass is 10.4. The quantitative estimate of drug-likeness (QED) is 0.948. The van der Waals surface area contributed by atoms with E-state index in [1.54, 1.807) is 12.3 Å². The molecule has 2 aromatic heterocycles. The van der Waals surface area contributed by atoms with E-state index in [2.05, 4.69) is 35.6 Å². The van der Waals surface area contributed by atoms with Crippen molar-refractivity contribution in [1.29, 1.82) is 0 Å². The summed E-state index contributed by atoms with van der Waals surface area (Å²) in [6.45, 7) is -1.52. The van der Waals surface area contributed by atoms with E-state index < -0.39 is 12.8 Å². The highest BCUT2D eigenvalue weighted by molar-refractivity contribution is 9.10. The Morgan fingerprint density at radius 3 is 2.88 bits per heavy atom. The van der Waals surface area contributed by atoms with Crippen molar-refractivity contribution in [2.24, 2.45) is 0 Å². The molecule has 4 nitrogen and oxygen atoms in total. The molecule has 1 N–H and O–H groups in total. The largest absolute Gasteiger partial charge is 0.411 e. The molecule has 2 rings (SSSR count). The fraction of sp³-hybridized carbons (Fsp3) is 0.333. The summed E-state index contributed by atoms with van der Waals surface area (Å²) in [5.41, 5.74) is 1.09. The van der Waals surface area contributed by atoms with Gasteiger partial charge in [-0.15, -0.1) is 0 Å². The molecule has 0 fully saturated rings. The van der Waals surface area contributed by atoms with Gasteiger partial charge in [0.2, 0.25) is 0 Å². The van der Waals surface area contributed by atoms with Gasteiger partial charge in [-0.3, -0.25) is 0 Å². The number of pyridine rings is 1. The van der Waals surface area contributed by atoms with Gasteiger partial charge in [0.25, 0.3) is 0 Å². The van der Waals surface area contributed by atoms with Crippen LogP contribution in [0.2, 0.25) is 0 Å². The zero-order valence-electron chi connectivity index (χ0n) is 8.38. The maximum Gasteiger partial charge on any atom is 0.411 e. The number of fused-ring (bicyclic) bond motifs is 1. The second kappa shape index (κ2) is 4.61. The molecule has 0 aliphatic carbocycles. The van der Waals surface area contributed by atoms with Crippen LogP contribution in [0.4, 0.5) is 13.2 Å². The summed E-state index contributed by atoms with van der Waals surface area (Å²) in [5, 5.41) is 0. The Balaban J connectivity index is 2.05. The lowest BCUT2D eigenvalue weighted by Crippen LogP contribution is -2.16. The molecule has 0 bridgehead atoms. The van der Waals surface area contributed by atoms with Crippen LogP contribution in [-0.2, 0) is 11.3 Å². The van der Waals surface area contributed by atoms with Crippen molar-refractivity contribution < 1.29 is 17.9 Å². The van der Waals surface area contributed by atoms with Crippen molar-refractivity contribution in [2.45, 2.75) is 12.8 Å². The molecule has 92 valence electrons. The van der Waals surface area contributed by atoms with Gasteiger partial charge < -0.3 is 9.72 Å². The average molecular weight is 310 g/mol. The Labute approximate surface area is 102 Å². The number of hydrogen-bond acceptors (Lipinski definition) is 3. The minimum Gasteiger partial charge on any atom is -0.364 e. The average Bonchev–Trinajstić information content (AvgIpc) is 2.57. The maximum atomic E-state index is 11.8. The Morgan fingerprint density at radius 1 is 1.41 bits per heavy atom. The topological polar surface area (TPSA) is 50.8 Å². The molecule has 0 unspecified atom stereocenters. The standard InChI is InChI=1S/C9H7BrF3N3O/c10-5-1-6-8(14-2-5)16-7(15-6)3-17-4-9(11,12)13/h1-2H,3-4H2,(H,14,15,16). The van der Waals surface area contributed by atoms with Crippen molar-refractivity contribution >= 4 is 27.1 Å². The number of aromatic amines is 1. The highest BCUT2D eigenvalue weighted by Gasteiger charge is 2.27. The van der Waals surface area contributed by atoms with Crippen LogP contribution in [0.1, 0.15) is 5.82 Å². The smallest absolute Gasteiger partial charge is 0.364 e.